The number of ether oxygens (including phenoxy) is 1. The Morgan fingerprint density at radius 1 is 1.61 bits per heavy atom. The summed E-state index contributed by atoms with van der Waals surface area (Å²) in [6.45, 7) is 2.19. The van der Waals surface area contributed by atoms with Gasteiger partial charge in [-0.1, -0.05) is 0 Å². The topological polar surface area (TPSA) is 88.5 Å². The number of methoxy groups -OCH3 is 1. The molecule has 0 aliphatic heterocycles. The quantitative estimate of drug-likeness (QED) is 0.725. The monoisotopic (exact) mass is 272 g/mol. The van der Waals surface area contributed by atoms with E-state index in [1.165, 1.54) is 11.3 Å². The summed E-state index contributed by atoms with van der Waals surface area (Å²) in [5.74, 6) is -1.43. The molecular formula is C11H16N2O4S. The molecule has 1 heterocycles. The Balaban J connectivity index is 2.58. The molecule has 7 heteroatoms. The summed E-state index contributed by atoms with van der Waals surface area (Å²) in [7, 11) is 1.55. The molecule has 0 bridgehead atoms. The molecule has 2 N–H and O–H groups in total. The van der Waals surface area contributed by atoms with Crippen molar-refractivity contribution in [1.82, 2.24) is 10.3 Å². The number of nitrogens with zero attached hydrogens (tertiary/aromatic N) is 1. The van der Waals surface area contributed by atoms with Gasteiger partial charge in [0.15, 0.2) is 0 Å². The highest BCUT2D eigenvalue weighted by molar-refractivity contribution is 7.11. The molecule has 0 aliphatic carbocycles. The van der Waals surface area contributed by atoms with Crippen molar-refractivity contribution < 1.29 is 19.4 Å². The van der Waals surface area contributed by atoms with Crippen LogP contribution in [0.1, 0.15) is 28.2 Å². The molecule has 18 heavy (non-hydrogen) atoms. The molecule has 0 aliphatic rings. The van der Waals surface area contributed by atoms with Crippen LogP contribution in [0.4, 0.5) is 0 Å². The first-order chi connectivity index (χ1) is 8.56. The van der Waals surface area contributed by atoms with Crippen molar-refractivity contribution in [3.05, 3.63) is 16.1 Å². The van der Waals surface area contributed by atoms with Crippen LogP contribution in [0, 0.1) is 6.92 Å². The first-order valence-electron chi connectivity index (χ1n) is 5.49. The summed E-state index contributed by atoms with van der Waals surface area (Å²) in [4.78, 5) is 27.3. The maximum absolute atomic E-state index is 11.8. The Kier molecular flexibility index (Phi) is 5.73. The summed E-state index contributed by atoms with van der Waals surface area (Å²) in [5.41, 5.74) is 2.17. The number of hydrogen-bond donors (Lipinski definition) is 2. The van der Waals surface area contributed by atoms with Gasteiger partial charge in [0.1, 0.15) is 10.9 Å². The number of aryl methyl sites for hydroxylation is 1. The van der Waals surface area contributed by atoms with Gasteiger partial charge in [-0.2, -0.15) is 0 Å². The minimum atomic E-state index is -1.04. The number of rotatable bonds is 7. The number of carboxylic acids is 1. The summed E-state index contributed by atoms with van der Waals surface area (Å²) in [5, 5.41) is 11.5. The molecule has 100 valence electrons. The van der Waals surface area contributed by atoms with Gasteiger partial charge in [0, 0.05) is 13.7 Å². The van der Waals surface area contributed by atoms with Crippen LogP contribution in [0.25, 0.3) is 0 Å². The molecule has 0 saturated heterocycles. The minimum absolute atomic E-state index is 0.340. The Hall–Kier alpha value is -1.47. The summed E-state index contributed by atoms with van der Waals surface area (Å²) in [6.07, 6.45) is 0.919. The minimum Gasteiger partial charge on any atom is -0.480 e. The van der Waals surface area contributed by atoms with Crippen LogP contribution in [0.2, 0.25) is 0 Å². The normalized spacial score (nSPS) is 12.1. The lowest BCUT2D eigenvalue weighted by atomic mass is 10.1. The predicted octanol–water partition coefficient (Wildman–Crippen LogP) is 1.06. The predicted molar refractivity (Wildman–Crippen MR) is 66.9 cm³/mol. The second-order valence-corrected chi connectivity index (χ2v) is 4.62. The number of carbonyl (C=O) groups excluding carboxylic acids is 1. The molecule has 6 nitrogen and oxygen atoms in total. The van der Waals surface area contributed by atoms with Crippen LogP contribution in [0.3, 0.4) is 0 Å². The fraction of sp³-hybridized carbons (Fsp3) is 0.545. The van der Waals surface area contributed by atoms with Gasteiger partial charge in [-0.3, -0.25) is 4.79 Å². The zero-order valence-corrected chi connectivity index (χ0v) is 11.1. The fourth-order valence-electron chi connectivity index (χ4n) is 1.43. The lowest BCUT2D eigenvalue weighted by molar-refractivity contribution is -0.139. The molecular weight excluding hydrogens is 256 g/mol. The average Bonchev–Trinajstić information content (AvgIpc) is 2.74. The van der Waals surface area contributed by atoms with Crippen LogP contribution in [0.5, 0.6) is 0 Å². The number of aliphatic carboxylic acids is 1. The third-order valence-electron chi connectivity index (χ3n) is 2.40. The summed E-state index contributed by atoms with van der Waals surface area (Å²) < 4.78 is 4.85. The van der Waals surface area contributed by atoms with E-state index in [-0.39, 0.29) is 5.91 Å². The maximum atomic E-state index is 11.8. The molecule has 1 aromatic rings. The van der Waals surface area contributed by atoms with Crippen LogP contribution in [-0.2, 0) is 9.53 Å². The highest BCUT2D eigenvalue weighted by atomic mass is 32.1. The first kappa shape index (κ1) is 14.6. The van der Waals surface area contributed by atoms with Crippen LogP contribution in [0.15, 0.2) is 5.51 Å². The Morgan fingerprint density at radius 3 is 2.83 bits per heavy atom. The first-order valence-corrected chi connectivity index (χ1v) is 6.37. The number of thiazole rings is 1. The van der Waals surface area contributed by atoms with Crippen molar-refractivity contribution in [2.24, 2.45) is 0 Å². The van der Waals surface area contributed by atoms with Gasteiger partial charge in [0.25, 0.3) is 5.91 Å². The average molecular weight is 272 g/mol. The van der Waals surface area contributed by atoms with Gasteiger partial charge in [-0.25, -0.2) is 9.78 Å². The second-order valence-electron chi connectivity index (χ2n) is 3.77. The fourth-order valence-corrected chi connectivity index (χ4v) is 2.14. The van der Waals surface area contributed by atoms with Gasteiger partial charge in [-0.15, -0.1) is 11.3 Å². The van der Waals surface area contributed by atoms with E-state index in [9.17, 15) is 9.59 Å². The van der Waals surface area contributed by atoms with Gasteiger partial charge in [0.05, 0.1) is 11.2 Å². The smallest absolute Gasteiger partial charge is 0.326 e. The van der Waals surface area contributed by atoms with E-state index >= 15 is 0 Å². The number of carboxylic acid groups (broad SMARTS) is 1. The standard InChI is InChI=1S/C11H16N2O4S/c1-7-9(18-6-12-7)10(14)13-8(11(15)16)4-3-5-17-2/h6,8H,3-5H2,1-2H3,(H,13,14)(H,15,16). The van der Waals surface area contributed by atoms with Crippen molar-refractivity contribution >= 4 is 23.2 Å². The molecule has 0 saturated carbocycles. The molecule has 1 rings (SSSR count). The largest absolute Gasteiger partial charge is 0.480 e. The summed E-state index contributed by atoms with van der Waals surface area (Å²) >= 11 is 1.20. The number of aromatic nitrogens is 1. The number of carbonyl (C=O) groups is 2. The molecule has 0 aromatic carbocycles. The second kappa shape index (κ2) is 7.07. The molecule has 1 aromatic heterocycles. The Morgan fingerprint density at radius 2 is 2.33 bits per heavy atom. The van der Waals surface area contributed by atoms with E-state index in [0.717, 1.165) is 0 Å². The Labute approximate surface area is 109 Å². The van der Waals surface area contributed by atoms with Crippen molar-refractivity contribution in [1.29, 1.82) is 0 Å². The van der Waals surface area contributed by atoms with Gasteiger partial charge < -0.3 is 15.2 Å². The molecule has 1 atom stereocenters. The lowest BCUT2D eigenvalue weighted by Gasteiger charge is -2.13. The maximum Gasteiger partial charge on any atom is 0.326 e. The van der Waals surface area contributed by atoms with Crippen molar-refractivity contribution in [2.75, 3.05) is 13.7 Å². The third-order valence-corrected chi connectivity index (χ3v) is 3.32. The molecule has 0 spiro atoms. The Bertz CT molecular complexity index is 419. The number of hydrogen-bond acceptors (Lipinski definition) is 5. The van der Waals surface area contributed by atoms with Gasteiger partial charge >= 0.3 is 5.97 Å². The third kappa shape index (κ3) is 4.08. The van der Waals surface area contributed by atoms with Gasteiger partial charge in [-0.05, 0) is 19.8 Å². The van der Waals surface area contributed by atoms with Crippen LogP contribution < -0.4 is 5.32 Å². The van der Waals surface area contributed by atoms with Crippen molar-refractivity contribution in [3.63, 3.8) is 0 Å². The van der Waals surface area contributed by atoms with E-state index in [1.54, 1.807) is 19.5 Å². The summed E-state index contributed by atoms with van der Waals surface area (Å²) in [6, 6.07) is -0.894. The van der Waals surface area contributed by atoms with E-state index in [2.05, 4.69) is 10.3 Å². The number of amides is 1. The van der Waals surface area contributed by atoms with E-state index in [0.29, 0.717) is 30.0 Å². The number of nitrogens with one attached hydrogen (secondary N) is 1. The molecule has 1 amide bonds. The van der Waals surface area contributed by atoms with E-state index in [1.807, 2.05) is 0 Å². The highest BCUT2D eigenvalue weighted by Crippen LogP contribution is 2.12. The van der Waals surface area contributed by atoms with Crippen LogP contribution >= 0.6 is 11.3 Å². The highest BCUT2D eigenvalue weighted by Gasteiger charge is 2.21. The SMILES string of the molecule is COCCCC(NC(=O)c1scnc1C)C(=O)O. The van der Waals surface area contributed by atoms with E-state index in [4.69, 9.17) is 9.84 Å². The molecule has 0 radical (unpaired) electrons. The van der Waals surface area contributed by atoms with Crippen molar-refractivity contribution in [3.8, 4) is 0 Å². The lowest BCUT2D eigenvalue weighted by Crippen LogP contribution is -2.40. The van der Waals surface area contributed by atoms with Crippen molar-refractivity contribution in [2.45, 2.75) is 25.8 Å². The molecule has 0 fully saturated rings. The zero-order valence-electron chi connectivity index (χ0n) is 10.3. The zero-order chi connectivity index (χ0) is 13.5. The molecule has 1 unspecified atom stereocenters. The van der Waals surface area contributed by atoms with Gasteiger partial charge in [0.2, 0.25) is 0 Å². The van der Waals surface area contributed by atoms with E-state index < -0.39 is 12.0 Å². The van der Waals surface area contributed by atoms with Crippen LogP contribution in [-0.4, -0.2) is 41.7 Å².